The molecule has 4 nitrogen and oxygen atoms in total. The fraction of sp³-hybridized carbons (Fsp3) is 0.533. The molecule has 0 saturated heterocycles. The minimum absolute atomic E-state index is 0.00856. The third-order valence-corrected chi connectivity index (χ3v) is 3.29. The zero-order valence-electron chi connectivity index (χ0n) is 11.9. The van der Waals surface area contributed by atoms with E-state index in [2.05, 4.69) is 13.8 Å². The van der Waals surface area contributed by atoms with Crippen LogP contribution >= 0.6 is 0 Å². The summed E-state index contributed by atoms with van der Waals surface area (Å²) in [6.45, 7) is 5.28. The molecule has 1 amide bonds. The highest BCUT2D eigenvalue weighted by molar-refractivity contribution is 5.94. The Kier molecular flexibility index (Phi) is 6.36. The Morgan fingerprint density at radius 3 is 2.32 bits per heavy atom. The van der Waals surface area contributed by atoms with E-state index in [0.717, 1.165) is 12.8 Å². The summed E-state index contributed by atoms with van der Waals surface area (Å²) in [4.78, 5) is 14.4. The average molecular weight is 265 g/mol. The van der Waals surface area contributed by atoms with Gasteiger partial charge in [-0.05, 0) is 37.1 Å². The van der Waals surface area contributed by atoms with Gasteiger partial charge in [-0.1, -0.05) is 13.8 Å². The standard InChI is InChI=1S/C15H23NO3/c1-4-13(5-2)16(10-11-19-3)15(18)12-6-8-14(17)9-7-12/h6-9,13,17H,4-5,10-11H2,1-3H3. The summed E-state index contributed by atoms with van der Waals surface area (Å²) in [5.74, 6) is 0.160. The lowest BCUT2D eigenvalue weighted by Crippen LogP contribution is -2.41. The minimum atomic E-state index is -0.00856. The van der Waals surface area contributed by atoms with E-state index in [0.29, 0.717) is 18.7 Å². The molecule has 0 aliphatic carbocycles. The van der Waals surface area contributed by atoms with Crippen molar-refractivity contribution in [2.75, 3.05) is 20.3 Å². The second-order valence-corrected chi connectivity index (χ2v) is 4.51. The predicted octanol–water partition coefficient (Wildman–Crippen LogP) is 2.67. The zero-order valence-corrected chi connectivity index (χ0v) is 11.9. The number of amides is 1. The number of methoxy groups -OCH3 is 1. The van der Waals surface area contributed by atoms with Crippen molar-refractivity contribution in [2.24, 2.45) is 0 Å². The SMILES string of the molecule is CCC(CC)N(CCOC)C(=O)c1ccc(O)cc1. The first-order valence-electron chi connectivity index (χ1n) is 6.72. The zero-order chi connectivity index (χ0) is 14.3. The third kappa shape index (κ3) is 4.24. The average Bonchev–Trinajstić information content (AvgIpc) is 2.43. The van der Waals surface area contributed by atoms with Crippen LogP contribution in [0, 0.1) is 0 Å². The number of benzene rings is 1. The lowest BCUT2D eigenvalue weighted by Gasteiger charge is -2.30. The van der Waals surface area contributed by atoms with Crippen molar-refractivity contribution in [1.29, 1.82) is 0 Å². The summed E-state index contributed by atoms with van der Waals surface area (Å²) in [6, 6.07) is 6.60. The number of ether oxygens (including phenoxy) is 1. The minimum Gasteiger partial charge on any atom is -0.508 e. The van der Waals surface area contributed by atoms with Crippen LogP contribution in [0.1, 0.15) is 37.0 Å². The fourth-order valence-corrected chi connectivity index (χ4v) is 2.14. The maximum Gasteiger partial charge on any atom is 0.254 e. The van der Waals surface area contributed by atoms with Gasteiger partial charge in [-0.15, -0.1) is 0 Å². The normalized spacial score (nSPS) is 10.7. The van der Waals surface area contributed by atoms with Crippen LogP contribution in [0.15, 0.2) is 24.3 Å². The van der Waals surface area contributed by atoms with Gasteiger partial charge in [0.1, 0.15) is 5.75 Å². The van der Waals surface area contributed by atoms with Crippen molar-refractivity contribution in [3.05, 3.63) is 29.8 Å². The number of phenolic OH excluding ortho intramolecular Hbond substituents is 1. The van der Waals surface area contributed by atoms with Crippen molar-refractivity contribution in [3.8, 4) is 5.75 Å². The van der Waals surface area contributed by atoms with Gasteiger partial charge in [0.15, 0.2) is 0 Å². The molecule has 106 valence electrons. The fourth-order valence-electron chi connectivity index (χ4n) is 2.14. The number of carbonyl (C=O) groups is 1. The van der Waals surface area contributed by atoms with E-state index in [-0.39, 0.29) is 17.7 Å². The summed E-state index contributed by atoms with van der Waals surface area (Å²) >= 11 is 0. The monoisotopic (exact) mass is 265 g/mol. The van der Waals surface area contributed by atoms with Crippen LogP contribution in [0.5, 0.6) is 5.75 Å². The van der Waals surface area contributed by atoms with E-state index in [1.807, 2.05) is 4.90 Å². The highest BCUT2D eigenvalue weighted by atomic mass is 16.5. The van der Waals surface area contributed by atoms with Gasteiger partial charge >= 0.3 is 0 Å². The summed E-state index contributed by atoms with van der Waals surface area (Å²) in [5, 5.41) is 9.28. The van der Waals surface area contributed by atoms with Crippen LogP contribution < -0.4 is 0 Å². The first kappa shape index (κ1) is 15.5. The van der Waals surface area contributed by atoms with Crippen molar-refractivity contribution in [2.45, 2.75) is 32.7 Å². The maximum atomic E-state index is 12.5. The van der Waals surface area contributed by atoms with Crippen LogP contribution in [0.25, 0.3) is 0 Å². The molecule has 0 spiro atoms. The van der Waals surface area contributed by atoms with Crippen molar-refractivity contribution in [1.82, 2.24) is 4.90 Å². The van der Waals surface area contributed by atoms with E-state index < -0.39 is 0 Å². The summed E-state index contributed by atoms with van der Waals surface area (Å²) in [5.41, 5.74) is 0.598. The quantitative estimate of drug-likeness (QED) is 0.824. The summed E-state index contributed by atoms with van der Waals surface area (Å²) in [6.07, 6.45) is 1.84. The van der Waals surface area contributed by atoms with Gasteiger partial charge in [0.05, 0.1) is 6.61 Å². The number of rotatable bonds is 7. The second-order valence-electron chi connectivity index (χ2n) is 4.51. The molecule has 0 radical (unpaired) electrons. The Morgan fingerprint density at radius 2 is 1.84 bits per heavy atom. The van der Waals surface area contributed by atoms with Gasteiger partial charge in [0.25, 0.3) is 5.91 Å². The van der Waals surface area contributed by atoms with Gasteiger partial charge in [0, 0.05) is 25.3 Å². The Hall–Kier alpha value is -1.55. The molecule has 1 N–H and O–H groups in total. The largest absolute Gasteiger partial charge is 0.508 e. The summed E-state index contributed by atoms with van der Waals surface area (Å²) < 4.78 is 5.08. The van der Waals surface area contributed by atoms with Crippen molar-refractivity contribution >= 4 is 5.91 Å². The maximum absolute atomic E-state index is 12.5. The molecular formula is C15H23NO3. The van der Waals surface area contributed by atoms with Gasteiger partial charge in [-0.3, -0.25) is 4.79 Å². The molecule has 0 aromatic heterocycles. The van der Waals surface area contributed by atoms with Gasteiger partial charge in [0.2, 0.25) is 0 Å². The Labute approximate surface area is 115 Å². The van der Waals surface area contributed by atoms with Crippen molar-refractivity contribution < 1.29 is 14.6 Å². The molecule has 0 fully saturated rings. The molecular weight excluding hydrogens is 242 g/mol. The van der Waals surface area contributed by atoms with Crippen LogP contribution in [-0.2, 0) is 4.74 Å². The first-order chi connectivity index (χ1) is 9.13. The molecule has 0 aliphatic rings. The van der Waals surface area contributed by atoms with Crippen LogP contribution in [0.2, 0.25) is 0 Å². The number of aromatic hydroxyl groups is 1. The van der Waals surface area contributed by atoms with Gasteiger partial charge < -0.3 is 14.7 Å². The molecule has 1 aromatic carbocycles. The highest BCUT2D eigenvalue weighted by Crippen LogP contribution is 2.16. The second kappa shape index (κ2) is 7.79. The lowest BCUT2D eigenvalue weighted by molar-refractivity contribution is 0.0589. The van der Waals surface area contributed by atoms with E-state index in [1.54, 1.807) is 19.2 Å². The molecule has 1 aromatic rings. The molecule has 0 unspecified atom stereocenters. The van der Waals surface area contributed by atoms with Crippen LogP contribution in [-0.4, -0.2) is 42.2 Å². The topological polar surface area (TPSA) is 49.8 Å². The Bertz CT molecular complexity index is 385. The number of hydrogen-bond donors (Lipinski definition) is 1. The first-order valence-corrected chi connectivity index (χ1v) is 6.72. The van der Waals surface area contributed by atoms with E-state index in [4.69, 9.17) is 4.74 Å². The van der Waals surface area contributed by atoms with Gasteiger partial charge in [-0.2, -0.15) is 0 Å². The Morgan fingerprint density at radius 1 is 1.26 bits per heavy atom. The number of phenols is 1. The van der Waals surface area contributed by atoms with E-state index in [9.17, 15) is 9.90 Å². The molecule has 1 rings (SSSR count). The highest BCUT2D eigenvalue weighted by Gasteiger charge is 2.21. The van der Waals surface area contributed by atoms with Crippen molar-refractivity contribution in [3.63, 3.8) is 0 Å². The molecule has 0 heterocycles. The lowest BCUT2D eigenvalue weighted by atomic mass is 10.1. The van der Waals surface area contributed by atoms with Crippen LogP contribution in [0.4, 0.5) is 0 Å². The van der Waals surface area contributed by atoms with Crippen LogP contribution in [0.3, 0.4) is 0 Å². The smallest absolute Gasteiger partial charge is 0.254 e. The predicted molar refractivity (Wildman–Crippen MR) is 75.4 cm³/mol. The molecule has 0 saturated carbocycles. The molecule has 4 heteroatoms. The summed E-state index contributed by atoms with van der Waals surface area (Å²) in [7, 11) is 1.64. The van der Waals surface area contributed by atoms with Gasteiger partial charge in [-0.25, -0.2) is 0 Å². The molecule has 0 atom stereocenters. The number of hydrogen-bond acceptors (Lipinski definition) is 3. The molecule has 0 aliphatic heterocycles. The van der Waals surface area contributed by atoms with E-state index >= 15 is 0 Å². The van der Waals surface area contributed by atoms with E-state index in [1.165, 1.54) is 12.1 Å². The Balaban J connectivity index is 2.89. The molecule has 0 bridgehead atoms. The number of carbonyl (C=O) groups excluding carboxylic acids is 1. The molecule has 19 heavy (non-hydrogen) atoms. The third-order valence-electron chi connectivity index (χ3n) is 3.29. The number of nitrogens with zero attached hydrogens (tertiary/aromatic N) is 1.